The normalized spacial score (nSPS) is 26.4. The van der Waals surface area contributed by atoms with Gasteiger partial charge in [-0.05, 0) is 37.5 Å². The van der Waals surface area contributed by atoms with Gasteiger partial charge < -0.3 is 10.2 Å². The smallest absolute Gasteiger partial charge is 0.303 e. The Labute approximate surface area is 84.4 Å². The molecule has 1 aliphatic rings. The molecule has 0 saturated carbocycles. The monoisotopic (exact) mass is 198 g/mol. The van der Waals surface area contributed by atoms with Gasteiger partial charge in [0.2, 0.25) is 0 Å². The van der Waals surface area contributed by atoms with Gasteiger partial charge in [-0.15, -0.1) is 0 Å². The van der Waals surface area contributed by atoms with Crippen LogP contribution in [0, 0.1) is 5.41 Å². The Kier molecular flexibility index (Phi) is 4.14. The maximum absolute atomic E-state index is 10.5. The molecule has 14 heavy (non-hydrogen) atoms. The Morgan fingerprint density at radius 3 is 2.64 bits per heavy atom. The molecule has 1 atom stereocenters. The van der Waals surface area contributed by atoms with E-state index in [-0.39, 0.29) is 18.4 Å². The molecule has 0 aromatic carbocycles. The lowest BCUT2D eigenvalue weighted by Gasteiger charge is -2.34. The molecule has 1 unspecified atom stereocenters. The molecule has 0 aliphatic heterocycles. The van der Waals surface area contributed by atoms with Crippen LogP contribution in [0.4, 0.5) is 0 Å². The van der Waals surface area contributed by atoms with Crippen molar-refractivity contribution in [3.63, 3.8) is 0 Å². The van der Waals surface area contributed by atoms with Gasteiger partial charge in [-0.2, -0.15) is 0 Å². The Morgan fingerprint density at radius 2 is 2.14 bits per heavy atom. The SMILES string of the molecule is O=C(O)CCC1(CCO)CC=CCC1. The van der Waals surface area contributed by atoms with Crippen molar-refractivity contribution in [2.75, 3.05) is 6.61 Å². The molecule has 3 nitrogen and oxygen atoms in total. The van der Waals surface area contributed by atoms with Crippen LogP contribution in [0.5, 0.6) is 0 Å². The zero-order valence-electron chi connectivity index (χ0n) is 8.41. The Hall–Kier alpha value is -0.830. The third kappa shape index (κ3) is 3.14. The number of carbonyl (C=O) groups is 1. The van der Waals surface area contributed by atoms with Crippen molar-refractivity contribution in [2.45, 2.75) is 38.5 Å². The van der Waals surface area contributed by atoms with E-state index in [0.29, 0.717) is 6.42 Å². The van der Waals surface area contributed by atoms with E-state index in [4.69, 9.17) is 10.2 Å². The van der Waals surface area contributed by atoms with E-state index >= 15 is 0 Å². The van der Waals surface area contributed by atoms with Crippen molar-refractivity contribution >= 4 is 5.97 Å². The Balaban J connectivity index is 2.52. The number of aliphatic hydroxyl groups excluding tert-OH is 1. The number of carboxylic acid groups (broad SMARTS) is 1. The van der Waals surface area contributed by atoms with E-state index < -0.39 is 5.97 Å². The van der Waals surface area contributed by atoms with Crippen LogP contribution in [0.3, 0.4) is 0 Å². The molecular weight excluding hydrogens is 180 g/mol. The number of aliphatic carboxylic acids is 1. The summed E-state index contributed by atoms with van der Waals surface area (Å²) in [7, 11) is 0. The summed E-state index contributed by atoms with van der Waals surface area (Å²) in [6, 6.07) is 0. The molecule has 0 saturated heterocycles. The van der Waals surface area contributed by atoms with E-state index in [1.54, 1.807) is 0 Å². The van der Waals surface area contributed by atoms with E-state index in [1.807, 2.05) is 0 Å². The molecule has 80 valence electrons. The van der Waals surface area contributed by atoms with Crippen molar-refractivity contribution in [3.05, 3.63) is 12.2 Å². The molecule has 3 heteroatoms. The lowest BCUT2D eigenvalue weighted by Crippen LogP contribution is -2.24. The van der Waals surface area contributed by atoms with Gasteiger partial charge in [0.15, 0.2) is 0 Å². The fraction of sp³-hybridized carbons (Fsp3) is 0.727. The third-order valence-corrected chi connectivity index (χ3v) is 3.07. The van der Waals surface area contributed by atoms with Gasteiger partial charge >= 0.3 is 5.97 Å². The first-order valence-electron chi connectivity index (χ1n) is 5.16. The molecule has 1 rings (SSSR count). The quantitative estimate of drug-likeness (QED) is 0.664. The van der Waals surface area contributed by atoms with E-state index in [1.165, 1.54) is 0 Å². The van der Waals surface area contributed by atoms with Crippen molar-refractivity contribution in [1.82, 2.24) is 0 Å². The zero-order chi connectivity index (χ0) is 10.4. The van der Waals surface area contributed by atoms with Crippen LogP contribution in [-0.2, 0) is 4.79 Å². The van der Waals surface area contributed by atoms with Crippen molar-refractivity contribution in [1.29, 1.82) is 0 Å². The third-order valence-electron chi connectivity index (χ3n) is 3.07. The molecule has 0 aromatic rings. The van der Waals surface area contributed by atoms with Crippen LogP contribution in [0.15, 0.2) is 12.2 Å². The average molecular weight is 198 g/mol. The number of rotatable bonds is 5. The Morgan fingerprint density at radius 1 is 1.36 bits per heavy atom. The lowest BCUT2D eigenvalue weighted by molar-refractivity contribution is -0.137. The van der Waals surface area contributed by atoms with Crippen molar-refractivity contribution in [3.8, 4) is 0 Å². The summed E-state index contributed by atoms with van der Waals surface area (Å²) in [5.74, 6) is -0.739. The van der Waals surface area contributed by atoms with Crippen molar-refractivity contribution in [2.24, 2.45) is 5.41 Å². The highest BCUT2D eigenvalue weighted by Crippen LogP contribution is 2.40. The number of hydrogen-bond acceptors (Lipinski definition) is 2. The van der Waals surface area contributed by atoms with Crippen LogP contribution in [0.1, 0.15) is 38.5 Å². The van der Waals surface area contributed by atoms with Crippen LogP contribution in [-0.4, -0.2) is 22.8 Å². The molecule has 0 amide bonds. The summed E-state index contributed by atoms with van der Waals surface area (Å²) < 4.78 is 0. The first kappa shape index (κ1) is 11.2. The van der Waals surface area contributed by atoms with Crippen LogP contribution in [0.2, 0.25) is 0 Å². The van der Waals surface area contributed by atoms with Gasteiger partial charge in [0.25, 0.3) is 0 Å². The van der Waals surface area contributed by atoms with Crippen LogP contribution in [0.25, 0.3) is 0 Å². The molecule has 0 bridgehead atoms. The minimum atomic E-state index is -0.739. The summed E-state index contributed by atoms with van der Waals surface area (Å²) in [4.78, 5) is 10.5. The van der Waals surface area contributed by atoms with Gasteiger partial charge in [-0.3, -0.25) is 4.79 Å². The highest BCUT2D eigenvalue weighted by molar-refractivity contribution is 5.66. The predicted molar refractivity (Wildman–Crippen MR) is 54.0 cm³/mol. The van der Waals surface area contributed by atoms with E-state index in [2.05, 4.69) is 12.2 Å². The number of carboxylic acids is 1. The maximum atomic E-state index is 10.5. The van der Waals surface area contributed by atoms with Crippen molar-refractivity contribution < 1.29 is 15.0 Å². The molecule has 0 fully saturated rings. The summed E-state index contributed by atoms with van der Waals surface area (Å²) >= 11 is 0. The maximum Gasteiger partial charge on any atom is 0.303 e. The molecule has 1 aliphatic carbocycles. The second-order valence-corrected chi connectivity index (χ2v) is 4.08. The summed E-state index contributed by atoms with van der Waals surface area (Å²) in [5.41, 5.74) is 0.0435. The molecule has 0 aromatic heterocycles. The largest absolute Gasteiger partial charge is 0.481 e. The molecule has 0 radical (unpaired) electrons. The lowest BCUT2D eigenvalue weighted by atomic mass is 9.71. The van der Waals surface area contributed by atoms with E-state index in [0.717, 1.165) is 25.7 Å². The highest BCUT2D eigenvalue weighted by Gasteiger charge is 2.29. The van der Waals surface area contributed by atoms with Gasteiger partial charge in [0, 0.05) is 13.0 Å². The summed E-state index contributed by atoms with van der Waals surface area (Å²) in [6.45, 7) is 0.160. The first-order valence-corrected chi connectivity index (χ1v) is 5.16. The molecule has 0 spiro atoms. The topological polar surface area (TPSA) is 57.5 Å². The second-order valence-electron chi connectivity index (χ2n) is 4.08. The Bertz CT molecular complexity index is 223. The van der Waals surface area contributed by atoms with E-state index in [9.17, 15) is 4.79 Å². The number of aliphatic hydroxyl groups is 1. The van der Waals surface area contributed by atoms with Crippen LogP contribution < -0.4 is 0 Å². The number of allylic oxidation sites excluding steroid dienone is 2. The van der Waals surface area contributed by atoms with Gasteiger partial charge in [-0.25, -0.2) is 0 Å². The summed E-state index contributed by atoms with van der Waals surface area (Å²) in [5, 5.41) is 17.6. The second kappa shape index (κ2) is 5.15. The van der Waals surface area contributed by atoms with Gasteiger partial charge in [0.1, 0.15) is 0 Å². The average Bonchev–Trinajstić information content (AvgIpc) is 2.17. The fourth-order valence-corrected chi connectivity index (χ4v) is 2.13. The van der Waals surface area contributed by atoms with Gasteiger partial charge in [0.05, 0.1) is 0 Å². The zero-order valence-corrected chi connectivity index (χ0v) is 8.41. The molecule has 0 heterocycles. The van der Waals surface area contributed by atoms with Crippen LogP contribution >= 0.6 is 0 Å². The standard InChI is InChI=1S/C11H18O3/c12-9-8-11(7-4-10(13)14)5-2-1-3-6-11/h1-2,12H,3-9H2,(H,13,14). The predicted octanol–water partition coefficient (Wildman–Crippen LogP) is 1.96. The summed E-state index contributed by atoms with van der Waals surface area (Å²) in [6.07, 6.45) is 8.82. The number of hydrogen-bond donors (Lipinski definition) is 2. The minimum absolute atomic E-state index is 0.0435. The van der Waals surface area contributed by atoms with Gasteiger partial charge in [-0.1, -0.05) is 12.2 Å². The molecular formula is C11H18O3. The molecule has 2 N–H and O–H groups in total. The fourth-order valence-electron chi connectivity index (χ4n) is 2.13. The first-order chi connectivity index (χ1) is 6.68. The highest BCUT2D eigenvalue weighted by atomic mass is 16.4. The minimum Gasteiger partial charge on any atom is -0.481 e.